The highest BCUT2D eigenvalue weighted by atomic mass is 79.9. The van der Waals surface area contributed by atoms with Gasteiger partial charge in [0.15, 0.2) is 0 Å². The van der Waals surface area contributed by atoms with E-state index in [1.165, 1.54) is 15.3 Å². The second-order valence-corrected chi connectivity index (χ2v) is 5.64. The van der Waals surface area contributed by atoms with Crippen LogP contribution in [0.2, 0.25) is 0 Å². The summed E-state index contributed by atoms with van der Waals surface area (Å²) >= 11 is 5.35. The summed E-state index contributed by atoms with van der Waals surface area (Å²) in [6.45, 7) is 4.11. The molecule has 0 unspecified atom stereocenters. The maximum atomic E-state index is 3.50. The minimum atomic E-state index is 0.967. The molecule has 0 atom stereocenters. The third-order valence-corrected chi connectivity index (χ3v) is 3.95. The van der Waals surface area contributed by atoms with Gasteiger partial charge in [-0.3, -0.25) is 0 Å². The van der Waals surface area contributed by atoms with Crippen LogP contribution in [0, 0.1) is 0 Å². The molecule has 0 spiro atoms. The maximum Gasteiger partial charge on any atom is 0.0346 e. The predicted octanol–water partition coefficient (Wildman–Crippen LogP) is 4.29. The fourth-order valence-corrected chi connectivity index (χ4v) is 2.89. The Hall–Kier alpha value is -0.640. The number of nitrogens with one attached hydrogen (secondary N) is 1. The highest BCUT2D eigenvalue weighted by Gasteiger charge is 2.02. The van der Waals surface area contributed by atoms with Crippen LogP contribution < -0.4 is 5.32 Å². The highest BCUT2D eigenvalue weighted by molar-refractivity contribution is 9.10. The Balaban J connectivity index is 2.18. The molecule has 0 fully saturated rings. The first-order valence-electron chi connectivity index (χ1n) is 5.35. The number of thiophene rings is 1. The molecule has 3 heteroatoms. The van der Waals surface area contributed by atoms with Gasteiger partial charge in [0, 0.05) is 20.8 Å². The quantitative estimate of drug-likeness (QED) is 0.887. The second kappa shape index (κ2) is 5.62. The van der Waals surface area contributed by atoms with E-state index in [0.29, 0.717) is 0 Å². The second-order valence-electron chi connectivity index (χ2n) is 3.56. The molecule has 0 bridgehead atoms. The zero-order valence-electron chi connectivity index (χ0n) is 9.16. The van der Waals surface area contributed by atoms with Crippen molar-refractivity contribution in [3.05, 3.63) is 45.7 Å². The maximum absolute atomic E-state index is 3.50. The molecule has 1 aromatic heterocycles. The van der Waals surface area contributed by atoms with Gasteiger partial charge in [-0.15, -0.1) is 11.3 Å². The third-order valence-electron chi connectivity index (χ3n) is 2.32. The fourth-order valence-electron chi connectivity index (χ4n) is 1.52. The van der Waals surface area contributed by atoms with E-state index in [1.807, 2.05) is 11.3 Å². The topological polar surface area (TPSA) is 12.0 Å². The van der Waals surface area contributed by atoms with E-state index >= 15 is 0 Å². The molecular formula is C13H14BrNS. The number of hydrogen-bond acceptors (Lipinski definition) is 2. The van der Waals surface area contributed by atoms with Crippen molar-refractivity contribution in [2.75, 3.05) is 6.54 Å². The van der Waals surface area contributed by atoms with Gasteiger partial charge in [0.25, 0.3) is 0 Å². The molecule has 1 aromatic carbocycles. The summed E-state index contributed by atoms with van der Waals surface area (Å²) in [7, 11) is 0. The van der Waals surface area contributed by atoms with Gasteiger partial charge < -0.3 is 5.32 Å². The Morgan fingerprint density at radius 3 is 2.88 bits per heavy atom. The molecule has 0 saturated carbocycles. The van der Waals surface area contributed by atoms with Gasteiger partial charge in [-0.2, -0.15) is 0 Å². The van der Waals surface area contributed by atoms with Gasteiger partial charge in [-0.25, -0.2) is 0 Å². The van der Waals surface area contributed by atoms with E-state index in [0.717, 1.165) is 17.6 Å². The van der Waals surface area contributed by atoms with E-state index in [-0.39, 0.29) is 0 Å². The van der Waals surface area contributed by atoms with Crippen LogP contribution in [-0.4, -0.2) is 6.54 Å². The molecule has 16 heavy (non-hydrogen) atoms. The van der Waals surface area contributed by atoms with Crippen molar-refractivity contribution in [2.45, 2.75) is 13.5 Å². The van der Waals surface area contributed by atoms with Crippen molar-refractivity contribution in [3.63, 3.8) is 0 Å². The van der Waals surface area contributed by atoms with Crippen LogP contribution in [0.4, 0.5) is 0 Å². The smallest absolute Gasteiger partial charge is 0.0346 e. The molecule has 84 valence electrons. The number of halogens is 1. The number of hydrogen-bond donors (Lipinski definition) is 1. The molecule has 0 amide bonds. The summed E-state index contributed by atoms with van der Waals surface area (Å²) in [6, 6.07) is 12.8. The monoisotopic (exact) mass is 295 g/mol. The third kappa shape index (κ3) is 2.94. The highest BCUT2D eigenvalue weighted by Crippen LogP contribution is 2.29. The fraction of sp³-hybridized carbons (Fsp3) is 0.231. The summed E-state index contributed by atoms with van der Waals surface area (Å²) in [5.41, 5.74) is 1.28. The molecule has 1 N–H and O–H groups in total. The predicted molar refractivity (Wildman–Crippen MR) is 74.8 cm³/mol. The molecule has 1 nitrogen and oxygen atoms in total. The van der Waals surface area contributed by atoms with Gasteiger partial charge >= 0.3 is 0 Å². The molecule has 1 heterocycles. The van der Waals surface area contributed by atoms with Crippen molar-refractivity contribution in [1.29, 1.82) is 0 Å². The van der Waals surface area contributed by atoms with Gasteiger partial charge in [0.1, 0.15) is 0 Å². The molecule has 0 aliphatic heterocycles. The summed E-state index contributed by atoms with van der Waals surface area (Å²) < 4.78 is 1.13. The molecular weight excluding hydrogens is 282 g/mol. The van der Waals surface area contributed by atoms with Crippen molar-refractivity contribution < 1.29 is 0 Å². The van der Waals surface area contributed by atoms with Gasteiger partial charge in [0.2, 0.25) is 0 Å². The summed E-state index contributed by atoms with van der Waals surface area (Å²) in [6.07, 6.45) is 0. The Kier molecular flexibility index (Phi) is 4.16. The zero-order valence-corrected chi connectivity index (χ0v) is 11.6. The van der Waals surface area contributed by atoms with E-state index in [9.17, 15) is 0 Å². The molecule has 2 rings (SSSR count). The Morgan fingerprint density at radius 1 is 1.25 bits per heavy atom. The standard InChI is InChI=1S/C13H14BrNS/c1-2-15-9-12-6-7-13(16-12)10-4-3-5-11(14)8-10/h3-8,15H,2,9H2,1H3. The molecule has 0 aliphatic carbocycles. The van der Waals surface area contributed by atoms with Crippen LogP contribution in [0.15, 0.2) is 40.9 Å². The number of benzene rings is 1. The van der Waals surface area contributed by atoms with Crippen molar-refractivity contribution in [1.82, 2.24) is 5.32 Å². The van der Waals surface area contributed by atoms with E-state index < -0.39 is 0 Å². The molecule has 0 aliphatic rings. The van der Waals surface area contributed by atoms with Crippen LogP contribution in [0.5, 0.6) is 0 Å². The van der Waals surface area contributed by atoms with Crippen molar-refractivity contribution in [3.8, 4) is 10.4 Å². The first-order chi connectivity index (χ1) is 7.79. The Morgan fingerprint density at radius 2 is 2.12 bits per heavy atom. The lowest BCUT2D eigenvalue weighted by molar-refractivity contribution is 0.735. The zero-order chi connectivity index (χ0) is 11.4. The first kappa shape index (κ1) is 11.8. The summed E-state index contributed by atoms with van der Waals surface area (Å²) in [5.74, 6) is 0. The van der Waals surface area contributed by atoms with Crippen LogP contribution in [-0.2, 0) is 6.54 Å². The van der Waals surface area contributed by atoms with Crippen LogP contribution in [0.3, 0.4) is 0 Å². The van der Waals surface area contributed by atoms with Gasteiger partial charge in [-0.05, 0) is 36.4 Å². The van der Waals surface area contributed by atoms with Crippen molar-refractivity contribution >= 4 is 27.3 Å². The lowest BCUT2D eigenvalue weighted by atomic mass is 10.2. The lowest BCUT2D eigenvalue weighted by Crippen LogP contribution is -2.10. The Bertz CT molecular complexity index is 464. The van der Waals surface area contributed by atoms with E-state index in [1.54, 1.807) is 0 Å². The summed E-state index contributed by atoms with van der Waals surface area (Å²) in [5, 5.41) is 3.34. The average molecular weight is 296 g/mol. The minimum absolute atomic E-state index is 0.967. The van der Waals surface area contributed by atoms with Crippen LogP contribution in [0.1, 0.15) is 11.8 Å². The van der Waals surface area contributed by atoms with Crippen molar-refractivity contribution in [2.24, 2.45) is 0 Å². The van der Waals surface area contributed by atoms with E-state index in [4.69, 9.17) is 0 Å². The summed E-state index contributed by atoms with van der Waals surface area (Å²) in [4.78, 5) is 2.71. The molecule has 0 radical (unpaired) electrons. The first-order valence-corrected chi connectivity index (χ1v) is 6.96. The van der Waals surface area contributed by atoms with Crippen LogP contribution in [0.25, 0.3) is 10.4 Å². The lowest BCUT2D eigenvalue weighted by Gasteiger charge is -1.98. The van der Waals surface area contributed by atoms with Gasteiger partial charge in [0.05, 0.1) is 0 Å². The molecule has 0 saturated heterocycles. The van der Waals surface area contributed by atoms with E-state index in [2.05, 4.69) is 64.6 Å². The minimum Gasteiger partial charge on any atom is -0.312 e. The largest absolute Gasteiger partial charge is 0.312 e. The Labute approximate surface area is 109 Å². The van der Waals surface area contributed by atoms with Gasteiger partial charge in [-0.1, -0.05) is 35.0 Å². The van der Waals surface area contributed by atoms with Crippen LogP contribution >= 0.6 is 27.3 Å². The average Bonchev–Trinajstić information content (AvgIpc) is 2.75. The molecule has 2 aromatic rings. The SMILES string of the molecule is CCNCc1ccc(-c2cccc(Br)c2)s1. The normalized spacial score (nSPS) is 10.6. The number of rotatable bonds is 4.